The second kappa shape index (κ2) is 5.05. The standard InChI is InChI=1S/C15H12BrNO2/c1-10-8-12(19-17-10)9-18-14-7-6-11-4-2-3-5-13(11)15(14)16/h2-8H,9H2,1H3. The lowest BCUT2D eigenvalue weighted by atomic mass is 10.1. The van der Waals surface area contributed by atoms with Crippen LogP contribution in [-0.4, -0.2) is 5.16 Å². The summed E-state index contributed by atoms with van der Waals surface area (Å²) in [5, 5.41) is 6.15. The minimum absolute atomic E-state index is 0.373. The van der Waals surface area contributed by atoms with E-state index in [0.29, 0.717) is 6.61 Å². The molecule has 1 heterocycles. The molecule has 3 aromatic rings. The van der Waals surface area contributed by atoms with Gasteiger partial charge in [0.05, 0.1) is 10.2 Å². The Labute approximate surface area is 119 Å². The Bertz CT molecular complexity index is 721. The van der Waals surface area contributed by atoms with Gasteiger partial charge in [0.15, 0.2) is 5.76 Å². The van der Waals surface area contributed by atoms with Gasteiger partial charge in [-0.2, -0.15) is 0 Å². The third-order valence-corrected chi connectivity index (χ3v) is 3.69. The van der Waals surface area contributed by atoms with Crippen molar-refractivity contribution in [2.24, 2.45) is 0 Å². The normalized spacial score (nSPS) is 10.8. The first-order chi connectivity index (χ1) is 9.24. The van der Waals surface area contributed by atoms with Crippen molar-refractivity contribution in [3.05, 3.63) is 58.4 Å². The molecule has 0 atom stereocenters. The van der Waals surface area contributed by atoms with Gasteiger partial charge in [0.25, 0.3) is 0 Å². The van der Waals surface area contributed by atoms with Crippen LogP contribution in [0.3, 0.4) is 0 Å². The summed E-state index contributed by atoms with van der Waals surface area (Å²) in [6.45, 7) is 2.26. The maximum absolute atomic E-state index is 5.76. The average molecular weight is 318 g/mol. The van der Waals surface area contributed by atoms with Gasteiger partial charge in [-0.15, -0.1) is 0 Å². The van der Waals surface area contributed by atoms with Gasteiger partial charge in [0, 0.05) is 6.07 Å². The fourth-order valence-corrected chi connectivity index (χ4v) is 2.57. The molecule has 0 spiro atoms. The van der Waals surface area contributed by atoms with Crippen LogP contribution in [0.2, 0.25) is 0 Å². The first-order valence-corrected chi connectivity index (χ1v) is 6.75. The summed E-state index contributed by atoms with van der Waals surface area (Å²) in [5.41, 5.74) is 0.858. The number of hydrogen-bond donors (Lipinski definition) is 0. The van der Waals surface area contributed by atoms with E-state index in [-0.39, 0.29) is 0 Å². The predicted molar refractivity (Wildman–Crippen MR) is 77.2 cm³/mol. The number of ether oxygens (including phenoxy) is 1. The molecule has 0 saturated carbocycles. The van der Waals surface area contributed by atoms with E-state index in [4.69, 9.17) is 9.26 Å². The molecule has 3 nitrogen and oxygen atoms in total. The molecule has 0 aliphatic rings. The lowest BCUT2D eigenvalue weighted by Crippen LogP contribution is -1.94. The largest absolute Gasteiger partial charge is 0.484 e. The number of benzene rings is 2. The van der Waals surface area contributed by atoms with Crippen molar-refractivity contribution in [2.75, 3.05) is 0 Å². The highest BCUT2D eigenvalue weighted by atomic mass is 79.9. The van der Waals surface area contributed by atoms with Crippen LogP contribution < -0.4 is 4.74 Å². The zero-order valence-electron chi connectivity index (χ0n) is 10.4. The Kier molecular flexibility index (Phi) is 3.25. The number of nitrogens with zero attached hydrogens (tertiary/aromatic N) is 1. The van der Waals surface area contributed by atoms with Crippen molar-refractivity contribution in [3.8, 4) is 5.75 Å². The highest BCUT2D eigenvalue weighted by Gasteiger charge is 2.07. The molecule has 96 valence electrons. The Balaban J connectivity index is 1.87. The van der Waals surface area contributed by atoms with Gasteiger partial charge in [-0.25, -0.2) is 0 Å². The molecule has 0 aliphatic heterocycles. The lowest BCUT2D eigenvalue weighted by Gasteiger charge is -2.08. The number of aryl methyl sites for hydroxylation is 1. The van der Waals surface area contributed by atoms with Gasteiger partial charge in [-0.1, -0.05) is 35.5 Å². The Morgan fingerprint density at radius 3 is 2.84 bits per heavy atom. The van der Waals surface area contributed by atoms with Gasteiger partial charge in [-0.3, -0.25) is 0 Å². The van der Waals surface area contributed by atoms with Gasteiger partial charge < -0.3 is 9.26 Å². The van der Waals surface area contributed by atoms with E-state index in [1.807, 2.05) is 37.3 Å². The fourth-order valence-electron chi connectivity index (χ4n) is 1.96. The molecule has 19 heavy (non-hydrogen) atoms. The van der Waals surface area contributed by atoms with Gasteiger partial charge in [0.2, 0.25) is 0 Å². The molecule has 0 N–H and O–H groups in total. The molecule has 0 saturated heterocycles. The number of hydrogen-bond acceptors (Lipinski definition) is 3. The summed E-state index contributed by atoms with van der Waals surface area (Å²) < 4.78 is 11.8. The van der Waals surface area contributed by atoms with Crippen molar-refractivity contribution >= 4 is 26.7 Å². The fraction of sp³-hybridized carbons (Fsp3) is 0.133. The maximum Gasteiger partial charge on any atom is 0.174 e. The minimum Gasteiger partial charge on any atom is -0.484 e. The molecule has 0 fully saturated rings. The molecular formula is C15H12BrNO2. The summed E-state index contributed by atoms with van der Waals surface area (Å²) in [7, 11) is 0. The van der Waals surface area contributed by atoms with E-state index in [1.165, 1.54) is 5.39 Å². The van der Waals surface area contributed by atoms with E-state index in [1.54, 1.807) is 0 Å². The van der Waals surface area contributed by atoms with E-state index < -0.39 is 0 Å². The van der Waals surface area contributed by atoms with Crippen LogP contribution in [0.15, 0.2) is 51.5 Å². The maximum atomic E-state index is 5.76. The van der Waals surface area contributed by atoms with Crippen LogP contribution in [-0.2, 0) is 6.61 Å². The average Bonchev–Trinajstić information content (AvgIpc) is 2.84. The number of rotatable bonds is 3. The van der Waals surface area contributed by atoms with Crippen molar-refractivity contribution in [3.63, 3.8) is 0 Å². The molecular weight excluding hydrogens is 306 g/mol. The number of halogens is 1. The van der Waals surface area contributed by atoms with Crippen molar-refractivity contribution in [1.82, 2.24) is 5.16 Å². The second-order valence-corrected chi connectivity index (χ2v) is 5.12. The van der Waals surface area contributed by atoms with Crippen molar-refractivity contribution in [1.29, 1.82) is 0 Å². The highest BCUT2D eigenvalue weighted by Crippen LogP contribution is 2.33. The molecule has 0 radical (unpaired) electrons. The van der Waals surface area contributed by atoms with E-state index >= 15 is 0 Å². The first kappa shape index (κ1) is 12.2. The highest BCUT2D eigenvalue weighted by molar-refractivity contribution is 9.10. The summed E-state index contributed by atoms with van der Waals surface area (Å²) in [4.78, 5) is 0. The Morgan fingerprint density at radius 2 is 2.05 bits per heavy atom. The van der Waals surface area contributed by atoms with Crippen molar-refractivity contribution < 1.29 is 9.26 Å². The summed E-state index contributed by atoms with van der Waals surface area (Å²) >= 11 is 3.59. The van der Waals surface area contributed by atoms with E-state index in [2.05, 4.69) is 33.2 Å². The Morgan fingerprint density at radius 1 is 1.21 bits per heavy atom. The molecule has 0 bridgehead atoms. The summed E-state index contributed by atoms with van der Waals surface area (Å²) in [5.74, 6) is 1.52. The van der Waals surface area contributed by atoms with Crippen LogP contribution in [0.4, 0.5) is 0 Å². The molecule has 0 unspecified atom stereocenters. The number of fused-ring (bicyclic) bond motifs is 1. The van der Waals surface area contributed by atoms with Crippen LogP contribution in [0.5, 0.6) is 5.75 Å². The Hall–Kier alpha value is -1.81. The van der Waals surface area contributed by atoms with Crippen LogP contribution >= 0.6 is 15.9 Å². The second-order valence-electron chi connectivity index (χ2n) is 4.32. The summed E-state index contributed by atoms with van der Waals surface area (Å²) in [6, 6.07) is 14.0. The molecule has 3 rings (SSSR count). The number of aromatic nitrogens is 1. The predicted octanol–water partition coefficient (Wildman–Crippen LogP) is 4.48. The quantitative estimate of drug-likeness (QED) is 0.714. The SMILES string of the molecule is Cc1cc(COc2ccc3ccccc3c2Br)on1. The van der Waals surface area contributed by atoms with Gasteiger partial charge in [-0.05, 0) is 39.7 Å². The van der Waals surface area contributed by atoms with Gasteiger partial charge >= 0.3 is 0 Å². The molecule has 2 aromatic carbocycles. The zero-order valence-corrected chi connectivity index (χ0v) is 12.0. The summed E-state index contributed by atoms with van der Waals surface area (Å²) in [6.07, 6.45) is 0. The minimum atomic E-state index is 0.373. The molecule has 1 aromatic heterocycles. The monoisotopic (exact) mass is 317 g/mol. The van der Waals surface area contributed by atoms with Crippen LogP contribution in [0, 0.1) is 6.92 Å². The third-order valence-electron chi connectivity index (χ3n) is 2.87. The van der Waals surface area contributed by atoms with Crippen LogP contribution in [0.25, 0.3) is 10.8 Å². The van der Waals surface area contributed by atoms with Crippen molar-refractivity contribution in [2.45, 2.75) is 13.5 Å². The first-order valence-electron chi connectivity index (χ1n) is 5.96. The van der Waals surface area contributed by atoms with E-state index in [9.17, 15) is 0 Å². The topological polar surface area (TPSA) is 35.3 Å². The third kappa shape index (κ3) is 2.49. The smallest absolute Gasteiger partial charge is 0.174 e. The molecule has 0 aliphatic carbocycles. The molecule has 0 amide bonds. The van der Waals surface area contributed by atoms with Gasteiger partial charge in [0.1, 0.15) is 12.4 Å². The zero-order chi connectivity index (χ0) is 13.2. The van der Waals surface area contributed by atoms with Crippen LogP contribution in [0.1, 0.15) is 11.5 Å². The lowest BCUT2D eigenvalue weighted by molar-refractivity contribution is 0.248. The molecule has 4 heteroatoms. The van der Waals surface area contributed by atoms with E-state index in [0.717, 1.165) is 27.1 Å².